The SMILES string of the molecule is CC1=NOC(NC(=O)c2ccc(C3=NO[C@@](C4=CC(Cl)=C(F)C(Cl)C4)(C(F)(F)F)C3)cc2C)C1. The lowest BCUT2D eigenvalue weighted by atomic mass is 9.82. The smallest absolute Gasteiger partial charge is 0.374 e. The van der Waals surface area contributed by atoms with E-state index in [-0.39, 0.29) is 11.3 Å². The number of nitrogens with zero attached hydrogens (tertiary/aromatic N) is 2. The monoisotopic (exact) mass is 519 g/mol. The number of allylic oxidation sites excluding steroid dienone is 3. The maximum atomic E-state index is 14.2. The van der Waals surface area contributed by atoms with E-state index in [1.54, 1.807) is 19.9 Å². The Morgan fingerprint density at radius 1 is 1.24 bits per heavy atom. The number of alkyl halides is 4. The molecular weight excluding hydrogens is 501 g/mol. The molecule has 0 saturated carbocycles. The van der Waals surface area contributed by atoms with E-state index in [1.807, 2.05) is 0 Å². The number of amides is 1. The molecule has 34 heavy (non-hydrogen) atoms. The van der Waals surface area contributed by atoms with Gasteiger partial charge in [-0.1, -0.05) is 28.0 Å². The summed E-state index contributed by atoms with van der Waals surface area (Å²) < 4.78 is 56.5. The van der Waals surface area contributed by atoms with Gasteiger partial charge in [-0.15, -0.1) is 11.6 Å². The Hall–Kier alpha value is -2.59. The number of oxime groups is 2. The van der Waals surface area contributed by atoms with Gasteiger partial charge in [0, 0.05) is 18.4 Å². The Labute approximate surface area is 202 Å². The van der Waals surface area contributed by atoms with Gasteiger partial charge in [0.2, 0.25) is 6.23 Å². The van der Waals surface area contributed by atoms with Crippen LogP contribution in [-0.2, 0) is 9.68 Å². The largest absolute Gasteiger partial charge is 0.435 e. The van der Waals surface area contributed by atoms with Gasteiger partial charge in [-0.3, -0.25) is 4.79 Å². The van der Waals surface area contributed by atoms with Crippen LogP contribution < -0.4 is 5.32 Å². The number of nitrogens with one attached hydrogen (secondary N) is 1. The summed E-state index contributed by atoms with van der Waals surface area (Å²) in [7, 11) is 0. The zero-order chi connectivity index (χ0) is 24.8. The van der Waals surface area contributed by atoms with Crippen molar-refractivity contribution in [1.29, 1.82) is 0 Å². The number of rotatable bonds is 4. The molecule has 6 nitrogen and oxygen atoms in total. The number of carbonyl (C=O) groups excluding carboxylic acids is 1. The lowest BCUT2D eigenvalue weighted by molar-refractivity contribution is -0.254. The lowest BCUT2D eigenvalue weighted by Gasteiger charge is -2.33. The molecule has 3 aliphatic rings. The van der Waals surface area contributed by atoms with Crippen LogP contribution in [-0.4, -0.2) is 40.7 Å². The molecular formula is C22H19Cl2F4N3O3. The molecule has 2 unspecified atom stereocenters. The number of hydrogen-bond acceptors (Lipinski definition) is 5. The topological polar surface area (TPSA) is 72.3 Å². The van der Waals surface area contributed by atoms with Gasteiger partial charge in [0.15, 0.2) is 0 Å². The third kappa shape index (κ3) is 4.40. The van der Waals surface area contributed by atoms with Crippen LogP contribution in [0.3, 0.4) is 0 Å². The Kier molecular flexibility index (Phi) is 6.41. The van der Waals surface area contributed by atoms with Gasteiger partial charge in [-0.25, -0.2) is 4.39 Å². The van der Waals surface area contributed by atoms with Gasteiger partial charge in [0.25, 0.3) is 11.5 Å². The second kappa shape index (κ2) is 8.88. The predicted octanol–water partition coefficient (Wildman–Crippen LogP) is 5.63. The standard InChI is InChI=1S/C22H19Cl2F4N3O3/c1-10-5-12(3-4-14(10)20(32)29-18-6-11(2)30-33-18)17-9-21(34-31-17,22(26,27)28)13-7-15(23)19(25)16(24)8-13/h3-5,7,16,18H,6,8-9H2,1-2H3,(H,29,32)/t16?,18?,21-/m0/s1. The van der Waals surface area contributed by atoms with Crippen molar-refractivity contribution >= 4 is 40.5 Å². The summed E-state index contributed by atoms with van der Waals surface area (Å²) in [5.41, 5.74) is -1.17. The minimum absolute atomic E-state index is 0.0219. The van der Waals surface area contributed by atoms with Crippen molar-refractivity contribution in [2.24, 2.45) is 10.3 Å². The minimum Gasteiger partial charge on any atom is -0.374 e. The van der Waals surface area contributed by atoms with Crippen LogP contribution in [0, 0.1) is 6.92 Å². The summed E-state index contributed by atoms with van der Waals surface area (Å²) in [6.07, 6.45) is -5.18. The Balaban J connectivity index is 1.56. The molecule has 182 valence electrons. The van der Waals surface area contributed by atoms with E-state index in [0.29, 0.717) is 23.1 Å². The summed E-state index contributed by atoms with van der Waals surface area (Å²) in [6.45, 7) is 3.42. The zero-order valence-corrected chi connectivity index (χ0v) is 19.5. The van der Waals surface area contributed by atoms with E-state index < -0.39 is 53.0 Å². The highest BCUT2D eigenvalue weighted by atomic mass is 35.5. The molecule has 2 heterocycles. The van der Waals surface area contributed by atoms with E-state index in [2.05, 4.69) is 15.6 Å². The quantitative estimate of drug-likeness (QED) is 0.413. The summed E-state index contributed by atoms with van der Waals surface area (Å²) in [5, 5.41) is 8.34. The van der Waals surface area contributed by atoms with Crippen LogP contribution in [0.4, 0.5) is 17.6 Å². The Morgan fingerprint density at radius 2 is 1.97 bits per heavy atom. The maximum absolute atomic E-state index is 14.2. The number of benzene rings is 1. The van der Waals surface area contributed by atoms with Gasteiger partial charge >= 0.3 is 6.18 Å². The van der Waals surface area contributed by atoms with Gasteiger partial charge in [-0.05, 0) is 55.2 Å². The fraction of sp³-hybridized carbons (Fsp3) is 0.409. The van der Waals surface area contributed by atoms with E-state index in [0.717, 1.165) is 11.8 Å². The van der Waals surface area contributed by atoms with Crippen LogP contribution in [0.1, 0.15) is 47.7 Å². The first-order chi connectivity index (χ1) is 15.9. The van der Waals surface area contributed by atoms with Crippen molar-refractivity contribution < 1.29 is 32.0 Å². The van der Waals surface area contributed by atoms with Crippen molar-refractivity contribution in [3.05, 3.63) is 57.4 Å². The zero-order valence-electron chi connectivity index (χ0n) is 18.0. The molecule has 1 N–H and O–H groups in total. The first-order valence-electron chi connectivity index (χ1n) is 10.2. The summed E-state index contributed by atoms with van der Waals surface area (Å²) in [5.74, 6) is -1.30. The minimum atomic E-state index is -4.87. The van der Waals surface area contributed by atoms with Crippen molar-refractivity contribution in [2.75, 3.05) is 0 Å². The van der Waals surface area contributed by atoms with Crippen LogP contribution in [0.15, 0.2) is 51.0 Å². The molecule has 0 radical (unpaired) electrons. The van der Waals surface area contributed by atoms with Gasteiger partial charge < -0.3 is 15.0 Å². The third-order valence-electron chi connectivity index (χ3n) is 5.82. The molecule has 12 heteroatoms. The average molecular weight is 520 g/mol. The summed E-state index contributed by atoms with van der Waals surface area (Å²) >= 11 is 11.6. The molecule has 0 fully saturated rings. The molecule has 4 rings (SSSR count). The van der Waals surface area contributed by atoms with Crippen LogP contribution in [0.5, 0.6) is 0 Å². The molecule has 0 aromatic heterocycles. The predicted molar refractivity (Wildman–Crippen MR) is 119 cm³/mol. The Bertz CT molecular complexity index is 1160. The molecule has 1 aromatic carbocycles. The molecule has 3 atom stereocenters. The molecule has 0 bridgehead atoms. The fourth-order valence-electron chi connectivity index (χ4n) is 3.98. The van der Waals surface area contributed by atoms with Crippen molar-refractivity contribution in [2.45, 2.75) is 56.5 Å². The average Bonchev–Trinajstić information content (AvgIpc) is 3.38. The van der Waals surface area contributed by atoms with Crippen molar-refractivity contribution in [3.8, 4) is 0 Å². The number of hydrogen-bond donors (Lipinski definition) is 1. The second-order valence-electron chi connectivity index (χ2n) is 8.30. The van der Waals surface area contributed by atoms with Crippen LogP contribution in [0.2, 0.25) is 0 Å². The molecule has 1 aliphatic carbocycles. The highest BCUT2D eigenvalue weighted by Gasteiger charge is 2.63. The normalized spacial score (nSPS) is 27.0. The van der Waals surface area contributed by atoms with E-state index in [9.17, 15) is 22.4 Å². The van der Waals surface area contributed by atoms with E-state index >= 15 is 0 Å². The fourth-order valence-corrected chi connectivity index (χ4v) is 4.59. The van der Waals surface area contributed by atoms with Crippen molar-refractivity contribution in [1.82, 2.24) is 5.32 Å². The number of carbonyl (C=O) groups is 1. The van der Waals surface area contributed by atoms with Crippen molar-refractivity contribution in [3.63, 3.8) is 0 Å². The van der Waals surface area contributed by atoms with Gasteiger partial charge in [0.05, 0.1) is 21.8 Å². The summed E-state index contributed by atoms with van der Waals surface area (Å²) in [4.78, 5) is 22.7. The van der Waals surface area contributed by atoms with E-state index in [4.69, 9.17) is 32.9 Å². The van der Waals surface area contributed by atoms with Gasteiger partial charge in [-0.2, -0.15) is 13.2 Å². The molecule has 0 spiro atoms. The summed E-state index contributed by atoms with van der Waals surface area (Å²) in [6, 6.07) is 4.52. The van der Waals surface area contributed by atoms with Crippen LogP contribution >= 0.6 is 23.2 Å². The highest BCUT2D eigenvalue weighted by molar-refractivity contribution is 6.33. The number of halogens is 6. The number of aryl methyl sites for hydroxylation is 1. The second-order valence-corrected chi connectivity index (χ2v) is 9.23. The lowest BCUT2D eigenvalue weighted by Crippen LogP contribution is -2.48. The molecule has 0 saturated heterocycles. The van der Waals surface area contributed by atoms with E-state index in [1.165, 1.54) is 12.1 Å². The third-order valence-corrected chi connectivity index (χ3v) is 6.46. The molecule has 2 aliphatic heterocycles. The maximum Gasteiger partial charge on any atom is 0.435 e. The molecule has 1 amide bonds. The first kappa shape index (κ1) is 24.5. The Morgan fingerprint density at radius 3 is 2.56 bits per heavy atom. The van der Waals surface area contributed by atoms with Crippen LogP contribution in [0.25, 0.3) is 0 Å². The highest BCUT2D eigenvalue weighted by Crippen LogP contribution is 2.50. The first-order valence-corrected chi connectivity index (χ1v) is 11.1. The van der Waals surface area contributed by atoms with Gasteiger partial charge in [0.1, 0.15) is 5.83 Å². The molecule has 1 aromatic rings.